The Bertz CT molecular complexity index is 892. The zero-order chi connectivity index (χ0) is 17.9. The van der Waals surface area contributed by atoms with Crippen molar-refractivity contribution in [2.75, 3.05) is 12.3 Å². The highest BCUT2D eigenvalue weighted by atomic mass is 32.1. The number of nitrogen functional groups attached to an aromatic ring is 1. The quantitative estimate of drug-likeness (QED) is 0.757. The van der Waals surface area contributed by atoms with Gasteiger partial charge in [-0.2, -0.15) is 0 Å². The normalized spacial score (nSPS) is 17.2. The van der Waals surface area contributed by atoms with Gasteiger partial charge in [0.15, 0.2) is 0 Å². The molecule has 0 bridgehead atoms. The molecule has 5 nitrogen and oxygen atoms in total. The van der Waals surface area contributed by atoms with Crippen LogP contribution in [0.2, 0.25) is 0 Å². The molecule has 0 aliphatic carbocycles. The van der Waals surface area contributed by atoms with E-state index in [-0.39, 0.29) is 11.9 Å². The second-order valence-electron chi connectivity index (χ2n) is 6.42. The highest BCUT2D eigenvalue weighted by molar-refractivity contribution is 7.09. The van der Waals surface area contributed by atoms with Crippen LogP contribution in [-0.2, 0) is 0 Å². The number of hydrogen-bond acceptors (Lipinski definition) is 5. The number of carbonyl (C=O) groups is 1. The van der Waals surface area contributed by atoms with E-state index in [0.29, 0.717) is 11.3 Å². The zero-order valence-corrected chi connectivity index (χ0v) is 15.2. The van der Waals surface area contributed by atoms with Crippen molar-refractivity contribution in [3.63, 3.8) is 0 Å². The Morgan fingerprint density at radius 1 is 1.15 bits per heavy atom. The predicted octanol–water partition coefficient (Wildman–Crippen LogP) is 4.15. The number of carbonyl (C=O) groups excluding carboxylic acids is 1. The van der Waals surface area contributed by atoms with Crippen LogP contribution in [0.5, 0.6) is 0 Å². The van der Waals surface area contributed by atoms with E-state index in [2.05, 4.69) is 9.97 Å². The van der Waals surface area contributed by atoms with Crippen LogP contribution >= 0.6 is 11.3 Å². The van der Waals surface area contributed by atoms with Crippen LogP contribution in [0.1, 0.15) is 40.7 Å². The first-order valence-corrected chi connectivity index (χ1v) is 9.62. The molecule has 0 unspecified atom stereocenters. The standard InChI is InChI=1S/C20H20N4OS/c21-17-13-22-9-8-16(17)14-4-6-15(7-5-14)20(25)24-11-2-1-3-18(24)19-23-10-12-26-19/h4-10,12-13,18H,1-3,11,21H2/t18-/m1/s1. The maximum atomic E-state index is 13.1. The summed E-state index contributed by atoms with van der Waals surface area (Å²) in [6.45, 7) is 0.780. The third-order valence-electron chi connectivity index (χ3n) is 4.79. The van der Waals surface area contributed by atoms with Crippen molar-refractivity contribution in [2.24, 2.45) is 0 Å². The molecule has 3 heterocycles. The van der Waals surface area contributed by atoms with Crippen molar-refractivity contribution in [1.29, 1.82) is 0 Å². The van der Waals surface area contributed by atoms with Crippen LogP contribution in [0, 0.1) is 0 Å². The molecule has 0 radical (unpaired) electrons. The lowest BCUT2D eigenvalue weighted by molar-refractivity contribution is 0.0611. The summed E-state index contributed by atoms with van der Waals surface area (Å²) in [5.74, 6) is 0.0687. The molecule has 1 saturated heterocycles. The van der Waals surface area contributed by atoms with E-state index in [9.17, 15) is 4.79 Å². The number of nitrogens with zero attached hydrogens (tertiary/aromatic N) is 3. The maximum Gasteiger partial charge on any atom is 0.254 e. The molecule has 6 heteroatoms. The number of benzene rings is 1. The Hall–Kier alpha value is -2.73. The number of hydrogen-bond donors (Lipinski definition) is 1. The number of nitrogens with two attached hydrogens (primary N) is 1. The van der Waals surface area contributed by atoms with E-state index in [1.807, 2.05) is 46.8 Å². The van der Waals surface area contributed by atoms with Crippen LogP contribution in [0.15, 0.2) is 54.3 Å². The van der Waals surface area contributed by atoms with Gasteiger partial charge in [-0.3, -0.25) is 9.78 Å². The number of thiazole rings is 1. The van der Waals surface area contributed by atoms with Crippen LogP contribution in [0.3, 0.4) is 0 Å². The molecule has 132 valence electrons. The van der Waals surface area contributed by atoms with E-state index in [0.717, 1.165) is 41.9 Å². The van der Waals surface area contributed by atoms with Crippen molar-refractivity contribution in [3.8, 4) is 11.1 Å². The minimum atomic E-state index is 0.0687. The first-order chi connectivity index (χ1) is 12.7. The summed E-state index contributed by atoms with van der Waals surface area (Å²) in [5, 5.41) is 3.00. The zero-order valence-electron chi connectivity index (χ0n) is 14.3. The minimum absolute atomic E-state index is 0.0687. The van der Waals surface area contributed by atoms with Crippen molar-refractivity contribution in [3.05, 3.63) is 64.9 Å². The fraction of sp³-hybridized carbons (Fsp3) is 0.250. The minimum Gasteiger partial charge on any atom is -0.397 e. The summed E-state index contributed by atoms with van der Waals surface area (Å²) in [5.41, 5.74) is 9.24. The average Bonchev–Trinajstić information content (AvgIpc) is 3.23. The Morgan fingerprint density at radius 2 is 2.00 bits per heavy atom. The van der Waals surface area contributed by atoms with E-state index < -0.39 is 0 Å². The van der Waals surface area contributed by atoms with Crippen LogP contribution < -0.4 is 5.73 Å². The lowest BCUT2D eigenvalue weighted by atomic mass is 9.99. The number of rotatable bonds is 3. The molecule has 4 rings (SSSR count). The van der Waals surface area contributed by atoms with E-state index >= 15 is 0 Å². The summed E-state index contributed by atoms with van der Waals surface area (Å²) in [6.07, 6.45) is 8.32. The monoisotopic (exact) mass is 364 g/mol. The van der Waals surface area contributed by atoms with Crippen LogP contribution in [0.25, 0.3) is 11.1 Å². The number of aromatic nitrogens is 2. The maximum absolute atomic E-state index is 13.1. The summed E-state index contributed by atoms with van der Waals surface area (Å²) >= 11 is 1.62. The molecule has 0 spiro atoms. The van der Waals surface area contributed by atoms with E-state index in [1.54, 1.807) is 23.7 Å². The molecular weight excluding hydrogens is 344 g/mol. The summed E-state index contributed by atoms with van der Waals surface area (Å²) in [7, 11) is 0. The summed E-state index contributed by atoms with van der Waals surface area (Å²) in [4.78, 5) is 23.5. The smallest absolute Gasteiger partial charge is 0.254 e. The SMILES string of the molecule is Nc1cnccc1-c1ccc(C(=O)N2CCCC[C@@H]2c2nccs2)cc1. The van der Waals surface area contributed by atoms with Gasteiger partial charge < -0.3 is 10.6 Å². The Labute approximate surface area is 156 Å². The molecule has 2 N–H and O–H groups in total. The molecule has 2 aromatic heterocycles. The second kappa shape index (κ2) is 7.25. The van der Waals surface area contributed by atoms with Gasteiger partial charge in [0.25, 0.3) is 5.91 Å². The predicted molar refractivity (Wildman–Crippen MR) is 104 cm³/mol. The first-order valence-electron chi connectivity index (χ1n) is 8.74. The molecule has 1 aliphatic heterocycles. The highest BCUT2D eigenvalue weighted by Gasteiger charge is 2.30. The number of likely N-dealkylation sites (tertiary alicyclic amines) is 1. The van der Waals surface area contributed by atoms with Gasteiger partial charge in [0.05, 0.1) is 17.9 Å². The summed E-state index contributed by atoms with van der Waals surface area (Å²) < 4.78 is 0. The van der Waals surface area contributed by atoms with Gasteiger partial charge in [-0.15, -0.1) is 11.3 Å². The van der Waals surface area contributed by atoms with E-state index in [4.69, 9.17) is 5.73 Å². The molecule has 26 heavy (non-hydrogen) atoms. The fourth-order valence-corrected chi connectivity index (χ4v) is 4.24. The van der Waals surface area contributed by atoms with E-state index in [1.165, 1.54) is 0 Å². The molecule has 1 aromatic carbocycles. The number of pyridine rings is 1. The average molecular weight is 364 g/mol. The Balaban J connectivity index is 1.58. The number of amides is 1. The third kappa shape index (κ3) is 3.20. The highest BCUT2D eigenvalue weighted by Crippen LogP contribution is 2.33. The van der Waals surface area contributed by atoms with Gasteiger partial charge >= 0.3 is 0 Å². The van der Waals surface area contributed by atoms with Crippen LogP contribution in [-0.4, -0.2) is 27.3 Å². The number of anilines is 1. The molecular formula is C20H20N4OS. The third-order valence-corrected chi connectivity index (χ3v) is 5.67. The number of piperidine rings is 1. The largest absolute Gasteiger partial charge is 0.397 e. The van der Waals surface area contributed by atoms with Crippen LogP contribution in [0.4, 0.5) is 5.69 Å². The van der Waals surface area contributed by atoms with Crippen molar-refractivity contribution in [1.82, 2.24) is 14.9 Å². The van der Waals surface area contributed by atoms with Gasteiger partial charge in [-0.05, 0) is 43.0 Å². The Morgan fingerprint density at radius 3 is 2.73 bits per heavy atom. The molecule has 1 aliphatic rings. The Kier molecular flexibility index (Phi) is 4.67. The van der Waals surface area contributed by atoms with Gasteiger partial charge in [0.1, 0.15) is 5.01 Å². The fourth-order valence-electron chi connectivity index (χ4n) is 3.46. The molecule has 1 fully saturated rings. The van der Waals surface area contributed by atoms with Crippen molar-refractivity contribution >= 4 is 22.9 Å². The first kappa shape index (κ1) is 16.7. The molecule has 1 atom stereocenters. The summed E-state index contributed by atoms with van der Waals surface area (Å²) in [6, 6.07) is 9.63. The topological polar surface area (TPSA) is 72.1 Å². The van der Waals surface area contributed by atoms with Gasteiger partial charge in [-0.25, -0.2) is 4.98 Å². The van der Waals surface area contributed by atoms with Gasteiger partial charge in [0, 0.05) is 35.4 Å². The van der Waals surface area contributed by atoms with Crippen molar-refractivity contribution in [2.45, 2.75) is 25.3 Å². The lowest BCUT2D eigenvalue weighted by Gasteiger charge is -2.34. The molecule has 1 amide bonds. The van der Waals surface area contributed by atoms with Crippen molar-refractivity contribution < 1.29 is 4.79 Å². The lowest BCUT2D eigenvalue weighted by Crippen LogP contribution is -2.38. The molecule has 0 saturated carbocycles. The van der Waals surface area contributed by atoms with Gasteiger partial charge in [-0.1, -0.05) is 12.1 Å². The molecule has 3 aromatic rings. The van der Waals surface area contributed by atoms with Gasteiger partial charge in [0.2, 0.25) is 0 Å². The second-order valence-corrected chi connectivity index (χ2v) is 7.35.